The van der Waals surface area contributed by atoms with Gasteiger partial charge in [-0.2, -0.15) is 5.10 Å². The standard InChI is InChI=1S/C15H17N3O3/c1-10(17-18-15(19)13-5-4-8-16-13)12-7-6-11(20-2)9-14(12)21-3/h4-9,16H,1-3H3,(H,18,19)/b17-10-. The van der Waals surface area contributed by atoms with Crippen LogP contribution >= 0.6 is 0 Å². The molecule has 1 aromatic carbocycles. The summed E-state index contributed by atoms with van der Waals surface area (Å²) < 4.78 is 10.5. The van der Waals surface area contributed by atoms with Crippen LogP contribution in [-0.2, 0) is 0 Å². The highest BCUT2D eigenvalue weighted by atomic mass is 16.5. The molecule has 0 unspecified atom stereocenters. The molecule has 0 aliphatic rings. The van der Waals surface area contributed by atoms with Gasteiger partial charge < -0.3 is 14.5 Å². The van der Waals surface area contributed by atoms with E-state index >= 15 is 0 Å². The number of rotatable bonds is 5. The van der Waals surface area contributed by atoms with Gasteiger partial charge in [0.25, 0.3) is 5.91 Å². The number of hydrogen-bond donors (Lipinski definition) is 2. The Balaban J connectivity index is 2.17. The molecule has 0 radical (unpaired) electrons. The van der Waals surface area contributed by atoms with Gasteiger partial charge in [-0.15, -0.1) is 0 Å². The lowest BCUT2D eigenvalue weighted by Gasteiger charge is -2.10. The number of H-pyrrole nitrogens is 1. The third-order valence-corrected chi connectivity index (χ3v) is 2.97. The summed E-state index contributed by atoms with van der Waals surface area (Å²) in [5.74, 6) is 1.02. The molecule has 2 aromatic rings. The third-order valence-electron chi connectivity index (χ3n) is 2.97. The monoisotopic (exact) mass is 287 g/mol. The van der Waals surface area contributed by atoms with Crippen LogP contribution in [-0.4, -0.2) is 30.8 Å². The van der Waals surface area contributed by atoms with E-state index in [1.54, 1.807) is 45.5 Å². The molecule has 2 N–H and O–H groups in total. The van der Waals surface area contributed by atoms with Crippen molar-refractivity contribution < 1.29 is 14.3 Å². The minimum Gasteiger partial charge on any atom is -0.497 e. The van der Waals surface area contributed by atoms with E-state index in [1.807, 2.05) is 12.1 Å². The van der Waals surface area contributed by atoms with Crippen LogP contribution < -0.4 is 14.9 Å². The molecule has 6 nitrogen and oxygen atoms in total. The van der Waals surface area contributed by atoms with Gasteiger partial charge in [-0.05, 0) is 31.2 Å². The first-order valence-electron chi connectivity index (χ1n) is 6.36. The molecule has 0 atom stereocenters. The van der Waals surface area contributed by atoms with Crippen molar-refractivity contribution in [3.8, 4) is 11.5 Å². The van der Waals surface area contributed by atoms with Crippen molar-refractivity contribution in [3.05, 3.63) is 47.8 Å². The van der Waals surface area contributed by atoms with Gasteiger partial charge in [-0.1, -0.05) is 0 Å². The Bertz CT molecular complexity index is 648. The molecular weight excluding hydrogens is 270 g/mol. The zero-order chi connectivity index (χ0) is 15.2. The maximum absolute atomic E-state index is 11.8. The molecule has 1 aromatic heterocycles. The van der Waals surface area contributed by atoms with Crippen LogP contribution in [0.5, 0.6) is 11.5 Å². The van der Waals surface area contributed by atoms with Crippen LogP contribution in [0.3, 0.4) is 0 Å². The first kappa shape index (κ1) is 14.6. The minimum atomic E-state index is -0.299. The molecule has 0 spiro atoms. The number of nitrogens with one attached hydrogen (secondary N) is 2. The van der Waals surface area contributed by atoms with Gasteiger partial charge in [0.1, 0.15) is 17.2 Å². The molecule has 2 rings (SSSR count). The molecule has 0 aliphatic heterocycles. The van der Waals surface area contributed by atoms with Crippen LogP contribution in [0.25, 0.3) is 0 Å². The number of amides is 1. The summed E-state index contributed by atoms with van der Waals surface area (Å²) in [7, 11) is 3.16. The first-order chi connectivity index (χ1) is 10.2. The van der Waals surface area contributed by atoms with Crippen molar-refractivity contribution in [1.82, 2.24) is 10.4 Å². The maximum Gasteiger partial charge on any atom is 0.287 e. The number of hydrazone groups is 1. The Morgan fingerprint density at radius 3 is 2.67 bits per heavy atom. The molecule has 0 aliphatic carbocycles. The van der Waals surface area contributed by atoms with Gasteiger partial charge in [-0.25, -0.2) is 5.43 Å². The predicted molar refractivity (Wildman–Crippen MR) is 80.0 cm³/mol. The summed E-state index contributed by atoms with van der Waals surface area (Å²) in [6.45, 7) is 1.79. The van der Waals surface area contributed by atoms with Gasteiger partial charge in [0.15, 0.2) is 0 Å². The number of nitrogens with zero attached hydrogens (tertiary/aromatic N) is 1. The van der Waals surface area contributed by atoms with E-state index in [0.717, 1.165) is 5.56 Å². The number of carbonyl (C=O) groups excluding carboxylic acids is 1. The number of hydrogen-bond acceptors (Lipinski definition) is 4. The van der Waals surface area contributed by atoms with Crippen molar-refractivity contribution >= 4 is 11.6 Å². The van der Waals surface area contributed by atoms with Crippen molar-refractivity contribution in [2.45, 2.75) is 6.92 Å². The molecular formula is C15H17N3O3. The van der Waals surface area contributed by atoms with Gasteiger partial charge in [0.05, 0.1) is 19.9 Å². The fraction of sp³-hybridized carbons (Fsp3) is 0.200. The molecule has 0 bridgehead atoms. The summed E-state index contributed by atoms with van der Waals surface area (Å²) in [5.41, 5.74) is 4.36. The van der Waals surface area contributed by atoms with Crippen LogP contribution in [0.1, 0.15) is 23.0 Å². The largest absolute Gasteiger partial charge is 0.497 e. The second-order valence-electron chi connectivity index (χ2n) is 4.29. The van der Waals surface area contributed by atoms with E-state index in [4.69, 9.17) is 9.47 Å². The zero-order valence-electron chi connectivity index (χ0n) is 12.1. The minimum absolute atomic E-state index is 0.299. The Kier molecular flexibility index (Phi) is 4.61. The Hall–Kier alpha value is -2.76. The second-order valence-corrected chi connectivity index (χ2v) is 4.29. The van der Waals surface area contributed by atoms with Crippen molar-refractivity contribution in [3.63, 3.8) is 0 Å². The third kappa shape index (κ3) is 3.42. The first-order valence-corrected chi connectivity index (χ1v) is 6.36. The van der Waals surface area contributed by atoms with Crippen LogP contribution in [0, 0.1) is 0 Å². The molecule has 1 heterocycles. The fourth-order valence-electron chi connectivity index (χ4n) is 1.82. The summed E-state index contributed by atoms with van der Waals surface area (Å²) >= 11 is 0. The number of ether oxygens (including phenoxy) is 2. The Labute approximate surface area is 122 Å². The molecule has 0 fully saturated rings. The van der Waals surface area contributed by atoms with E-state index in [-0.39, 0.29) is 5.91 Å². The van der Waals surface area contributed by atoms with Crippen LogP contribution in [0.4, 0.5) is 0 Å². The quantitative estimate of drug-likeness (QED) is 0.653. The summed E-state index contributed by atoms with van der Waals surface area (Å²) in [5, 5.41) is 4.09. The molecule has 1 amide bonds. The highest BCUT2D eigenvalue weighted by molar-refractivity contribution is 6.02. The highest BCUT2D eigenvalue weighted by Gasteiger charge is 2.09. The molecule has 0 saturated heterocycles. The SMILES string of the molecule is COc1ccc(/C(C)=N\NC(=O)c2ccc[nH]2)c(OC)c1. The molecule has 6 heteroatoms. The van der Waals surface area contributed by atoms with Crippen molar-refractivity contribution in [2.24, 2.45) is 5.10 Å². The van der Waals surface area contributed by atoms with Crippen molar-refractivity contribution in [2.75, 3.05) is 14.2 Å². The maximum atomic E-state index is 11.8. The number of benzene rings is 1. The Morgan fingerprint density at radius 1 is 1.24 bits per heavy atom. The van der Waals surface area contributed by atoms with Gasteiger partial charge in [-0.3, -0.25) is 4.79 Å². The summed E-state index contributed by atoms with van der Waals surface area (Å²) in [6, 6.07) is 8.83. The fourth-order valence-corrected chi connectivity index (χ4v) is 1.82. The number of methoxy groups -OCH3 is 2. The van der Waals surface area contributed by atoms with E-state index < -0.39 is 0 Å². The van der Waals surface area contributed by atoms with Gasteiger partial charge in [0, 0.05) is 17.8 Å². The lowest BCUT2D eigenvalue weighted by atomic mass is 10.1. The smallest absolute Gasteiger partial charge is 0.287 e. The normalized spacial score (nSPS) is 11.1. The van der Waals surface area contributed by atoms with E-state index in [1.165, 1.54) is 0 Å². The van der Waals surface area contributed by atoms with Gasteiger partial charge >= 0.3 is 0 Å². The number of carbonyl (C=O) groups is 1. The van der Waals surface area contributed by atoms with Crippen LogP contribution in [0.2, 0.25) is 0 Å². The van der Waals surface area contributed by atoms with E-state index in [9.17, 15) is 4.79 Å². The Morgan fingerprint density at radius 2 is 2.05 bits per heavy atom. The van der Waals surface area contributed by atoms with E-state index in [2.05, 4.69) is 15.5 Å². The van der Waals surface area contributed by atoms with Gasteiger partial charge in [0.2, 0.25) is 0 Å². The number of aromatic nitrogens is 1. The molecule has 110 valence electrons. The summed E-state index contributed by atoms with van der Waals surface area (Å²) in [6.07, 6.45) is 1.68. The number of aromatic amines is 1. The lowest BCUT2D eigenvalue weighted by Crippen LogP contribution is -2.19. The average Bonchev–Trinajstić information content (AvgIpc) is 3.06. The molecule has 21 heavy (non-hydrogen) atoms. The highest BCUT2D eigenvalue weighted by Crippen LogP contribution is 2.25. The van der Waals surface area contributed by atoms with Crippen molar-refractivity contribution in [1.29, 1.82) is 0 Å². The predicted octanol–water partition coefficient (Wildman–Crippen LogP) is 2.19. The zero-order valence-corrected chi connectivity index (χ0v) is 12.1. The topological polar surface area (TPSA) is 75.7 Å². The second kappa shape index (κ2) is 6.60. The molecule has 0 saturated carbocycles. The lowest BCUT2D eigenvalue weighted by molar-refractivity contribution is 0.0950. The van der Waals surface area contributed by atoms with Crippen LogP contribution in [0.15, 0.2) is 41.6 Å². The van der Waals surface area contributed by atoms with E-state index in [0.29, 0.717) is 22.9 Å². The summed E-state index contributed by atoms with van der Waals surface area (Å²) in [4.78, 5) is 14.6. The average molecular weight is 287 g/mol.